The van der Waals surface area contributed by atoms with Crippen molar-refractivity contribution in [3.63, 3.8) is 0 Å². The van der Waals surface area contributed by atoms with Crippen molar-refractivity contribution in [2.75, 3.05) is 0 Å². The molecule has 0 bridgehead atoms. The number of rotatable bonds is 2. The number of carboxylic acids is 1. The first-order valence-electron chi connectivity index (χ1n) is 3.40. The molecule has 0 aliphatic rings. The largest absolute Gasteiger partial charge is 0.481 e. The molecule has 62 valence electrons. The van der Waals surface area contributed by atoms with Crippen LogP contribution in [0.25, 0.3) is 0 Å². The molecule has 0 aromatic heterocycles. The molecule has 0 amide bonds. The van der Waals surface area contributed by atoms with Gasteiger partial charge in [-0.15, -0.1) is 0 Å². The molecule has 0 fully saturated rings. The van der Waals surface area contributed by atoms with Crippen molar-refractivity contribution in [2.45, 2.75) is 39.7 Å². The number of carboxylic acid groups (broad SMARTS) is 1. The summed E-state index contributed by atoms with van der Waals surface area (Å²) in [5, 5.41) is 16.0. The molecule has 0 aliphatic heterocycles. The van der Waals surface area contributed by atoms with Gasteiger partial charge in [-0.1, -0.05) is 6.92 Å². The Bertz CT molecular complexity index is 76.2. The van der Waals surface area contributed by atoms with Gasteiger partial charge in [-0.05, 0) is 20.3 Å². The molecule has 0 atom stereocenters. The van der Waals surface area contributed by atoms with Gasteiger partial charge in [0.1, 0.15) is 0 Å². The van der Waals surface area contributed by atoms with Gasteiger partial charge < -0.3 is 10.2 Å². The number of hydrogen-bond acceptors (Lipinski definition) is 2. The summed E-state index contributed by atoms with van der Waals surface area (Å²) in [5.41, 5.74) is 0. The van der Waals surface area contributed by atoms with Crippen molar-refractivity contribution in [2.24, 2.45) is 0 Å². The van der Waals surface area contributed by atoms with Crippen LogP contribution in [0.4, 0.5) is 0 Å². The molecule has 0 unspecified atom stereocenters. The fourth-order valence-electron chi connectivity index (χ4n) is 0.214. The van der Waals surface area contributed by atoms with Gasteiger partial charge in [0, 0.05) is 12.5 Å². The normalized spacial score (nSPS) is 8.50. The van der Waals surface area contributed by atoms with E-state index in [1.807, 2.05) is 6.92 Å². The van der Waals surface area contributed by atoms with Crippen LogP contribution in [-0.4, -0.2) is 22.3 Å². The van der Waals surface area contributed by atoms with E-state index in [9.17, 15) is 4.79 Å². The van der Waals surface area contributed by atoms with Crippen LogP contribution in [0.15, 0.2) is 0 Å². The third kappa shape index (κ3) is 52.0. The molecular formula is C7H16O3. The SMILES string of the molecule is CC(C)O.CCCC(=O)O. The molecule has 10 heavy (non-hydrogen) atoms. The minimum atomic E-state index is -0.711. The Balaban J connectivity index is 0. The molecule has 0 radical (unpaired) electrons. The summed E-state index contributed by atoms with van der Waals surface area (Å²) in [7, 11) is 0. The Morgan fingerprint density at radius 2 is 1.80 bits per heavy atom. The van der Waals surface area contributed by atoms with E-state index >= 15 is 0 Å². The lowest BCUT2D eigenvalue weighted by molar-refractivity contribution is -0.137. The van der Waals surface area contributed by atoms with Gasteiger partial charge in [0.2, 0.25) is 0 Å². The first-order chi connectivity index (χ1) is 4.50. The first kappa shape index (κ1) is 12.1. The van der Waals surface area contributed by atoms with Crippen molar-refractivity contribution in [3.05, 3.63) is 0 Å². The highest BCUT2D eigenvalue weighted by Gasteiger charge is 1.87. The van der Waals surface area contributed by atoms with Crippen molar-refractivity contribution in [3.8, 4) is 0 Å². The third-order valence-corrected chi connectivity index (χ3v) is 0.464. The van der Waals surface area contributed by atoms with Gasteiger partial charge in [-0.25, -0.2) is 0 Å². The summed E-state index contributed by atoms with van der Waals surface area (Å²) in [5.74, 6) is -0.711. The van der Waals surface area contributed by atoms with E-state index in [-0.39, 0.29) is 6.10 Å². The van der Waals surface area contributed by atoms with Crippen LogP contribution in [0, 0.1) is 0 Å². The summed E-state index contributed by atoms with van der Waals surface area (Å²) in [6.45, 7) is 5.29. The molecular weight excluding hydrogens is 132 g/mol. The zero-order chi connectivity index (χ0) is 8.57. The monoisotopic (exact) mass is 148 g/mol. The maximum Gasteiger partial charge on any atom is 0.303 e. The standard InChI is InChI=1S/C4H8O2.C3H8O/c1-2-3-4(5)6;1-3(2)4/h2-3H2,1H3,(H,5,6);3-4H,1-2H3. The van der Waals surface area contributed by atoms with Gasteiger partial charge in [-0.3, -0.25) is 4.79 Å². The topological polar surface area (TPSA) is 57.5 Å². The highest BCUT2D eigenvalue weighted by Crippen LogP contribution is 1.82. The number of aliphatic hydroxyl groups excluding tert-OH is 1. The molecule has 3 nitrogen and oxygen atoms in total. The zero-order valence-electron chi connectivity index (χ0n) is 6.79. The van der Waals surface area contributed by atoms with E-state index in [1.54, 1.807) is 13.8 Å². The predicted octanol–water partition coefficient (Wildman–Crippen LogP) is 1.26. The zero-order valence-corrected chi connectivity index (χ0v) is 6.79. The Kier molecular flexibility index (Phi) is 10.2. The lowest BCUT2D eigenvalue weighted by atomic mass is 10.4. The van der Waals surface area contributed by atoms with E-state index in [0.717, 1.165) is 6.42 Å². The smallest absolute Gasteiger partial charge is 0.303 e. The number of aliphatic carboxylic acids is 1. The molecule has 0 spiro atoms. The summed E-state index contributed by atoms with van der Waals surface area (Å²) < 4.78 is 0. The molecule has 0 aromatic rings. The molecule has 0 saturated heterocycles. The lowest BCUT2D eigenvalue weighted by Gasteiger charge is -1.80. The van der Waals surface area contributed by atoms with Gasteiger partial charge >= 0.3 is 5.97 Å². The lowest BCUT2D eigenvalue weighted by Crippen LogP contribution is -1.90. The second-order valence-electron chi connectivity index (χ2n) is 2.24. The van der Waals surface area contributed by atoms with E-state index in [4.69, 9.17) is 10.2 Å². The maximum atomic E-state index is 9.60. The quantitative estimate of drug-likeness (QED) is 0.619. The number of aliphatic hydroxyl groups is 1. The molecule has 2 N–H and O–H groups in total. The second kappa shape index (κ2) is 8.43. The minimum absolute atomic E-state index is 0.167. The van der Waals surface area contributed by atoms with Gasteiger partial charge in [0.25, 0.3) is 0 Å². The van der Waals surface area contributed by atoms with Crippen molar-refractivity contribution in [1.82, 2.24) is 0 Å². The van der Waals surface area contributed by atoms with E-state index < -0.39 is 5.97 Å². The molecule has 0 rings (SSSR count). The van der Waals surface area contributed by atoms with Crippen LogP contribution in [-0.2, 0) is 4.79 Å². The van der Waals surface area contributed by atoms with E-state index in [0.29, 0.717) is 6.42 Å². The average molecular weight is 148 g/mol. The molecule has 0 heterocycles. The van der Waals surface area contributed by atoms with Crippen LogP contribution in [0.1, 0.15) is 33.6 Å². The Hall–Kier alpha value is -0.570. The van der Waals surface area contributed by atoms with E-state index in [2.05, 4.69) is 0 Å². The highest BCUT2D eigenvalue weighted by atomic mass is 16.4. The van der Waals surface area contributed by atoms with Crippen molar-refractivity contribution in [1.29, 1.82) is 0 Å². The second-order valence-corrected chi connectivity index (χ2v) is 2.24. The van der Waals surface area contributed by atoms with Gasteiger partial charge in [0.15, 0.2) is 0 Å². The molecule has 0 aliphatic carbocycles. The van der Waals surface area contributed by atoms with Crippen LogP contribution in [0.5, 0.6) is 0 Å². The summed E-state index contributed by atoms with van der Waals surface area (Å²) in [4.78, 5) is 9.60. The third-order valence-electron chi connectivity index (χ3n) is 0.464. The Morgan fingerprint density at radius 1 is 1.50 bits per heavy atom. The molecule has 0 aromatic carbocycles. The van der Waals surface area contributed by atoms with E-state index in [1.165, 1.54) is 0 Å². The molecule has 0 saturated carbocycles. The van der Waals surface area contributed by atoms with Crippen LogP contribution < -0.4 is 0 Å². The Labute approximate surface area is 61.7 Å². The van der Waals surface area contributed by atoms with Crippen molar-refractivity contribution >= 4 is 5.97 Å². The van der Waals surface area contributed by atoms with Crippen LogP contribution >= 0.6 is 0 Å². The summed E-state index contributed by atoms with van der Waals surface area (Å²) in [6, 6.07) is 0. The summed E-state index contributed by atoms with van der Waals surface area (Å²) in [6.07, 6.45) is 0.856. The maximum absolute atomic E-state index is 9.60. The Morgan fingerprint density at radius 3 is 1.80 bits per heavy atom. The van der Waals surface area contributed by atoms with Gasteiger partial charge in [0.05, 0.1) is 0 Å². The first-order valence-corrected chi connectivity index (χ1v) is 3.40. The number of carbonyl (C=O) groups is 1. The number of hydrogen-bond donors (Lipinski definition) is 2. The van der Waals surface area contributed by atoms with Crippen molar-refractivity contribution < 1.29 is 15.0 Å². The minimum Gasteiger partial charge on any atom is -0.481 e. The average Bonchev–Trinajstić information content (AvgIpc) is 1.62. The predicted molar refractivity (Wildman–Crippen MR) is 39.9 cm³/mol. The molecule has 3 heteroatoms. The summed E-state index contributed by atoms with van der Waals surface area (Å²) >= 11 is 0. The van der Waals surface area contributed by atoms with Crippen LogP contribution in [0.2, 0.25) is 0 Å². The highest BCUT2D eigenvalue weighted by molar-refractivity contribution is 5.66. The fraction of sp³-hybridized carbons (Fsp3) is 0.857. The fourth-order valence-corrected chi connectivity index (χ4v) is 0.214. The van der Waals surface area contributed by atoms with Crippen LogP contribution in [0.3, 0.4) is 0 Å². The van der Waals surface area contributed by atoms with Gasteiger partial charge in [-0.2, -0.15) is 0 Å².